The Morgan fingerprint density at radius 3 is 2.86 bits per heavy atom. The second-order valence-electron chi connectivity index (χ2n) is 5.31. The van der Waals surface area contributed by atoms with E-state index < -0.39 is 11.6 Å². The predicted molar refractivity (Wildman–Crippen MR) is 78.3 cm³/mol. The smallest absolute Gasteiger partial charge is 0.340 e. The van der Waals surface area contributed by atoms with E-state index in [0.29, 0.717) is 38.4 Å². The molecule has 1 aliphatic rings. The number of ether oxygens (including phenoxy) is 2. The molecule has 0 radical (unpaired) electrons. The van der Waals surface area contributed by atoms with Gasteiger partial charge in [-0.15, -0.1) is 0 Å². The quantitative estimate of drug-likeness (QED) is 0.777. The Hall–Kier alpha value is -1.86. The normalized spacial score (nSPS) is 17.3. The zero-order chi connectivity index (χ0) is 15.5. The molecule has 1 aromatic rings. The molecule has 0 amide bonds. The Morgan fingerprint density at radius 2 is 2.24 bits per heavy atom. The van der Waals surface area contributed by atoms with E-state index in [9.17, 15) is 9.90 Å². The van der Waals surface area contributed by atoms with E-state index in [2.05, 4.69) is 4.98 Å². The lowest BCUT2D eigenvalue weighted by atomic mass is 9.94. The maximum atomic E-state index is 11.6. The van der Waals surface area contributed by atoms with Crippen LogP contribution in [0.4, 0.5) is 11.5 Å². The first-order chi connectivity index (χ1) is 9.95. The number of aromatic nitrogens is 1. The molecule has 2 heterocycles. The number of anilines is 2. The van der Waals surface area contributed by atoms with Gasteiger partial charge in [-0.05, 0) is 6.07 Å². The summed E-state index contributed by atoms with van der Waals surface area (Å²) in [6.07, 6.45) is 2.58. The molecule has 0 aliphatic carbocycles. The molecule has 1 saturated heterocycles. The van der Waals surface area contributed by atoms with Crippen LogP contribution < -0.4 is 10.6 Å². The highest BCUT2D eigenvalue weighted by Crippen LogP contribution is 2.24. The van der Waals surface area contributed by atoms with Gasteiger partial charge in [0.25, 0.3) is 0 Å². The standard InChI is InChI=1S/C14H21N3O4/c1-17(9-14(19)3-5-21-6-4-14)12-7-10(13(18)20-2)11(15)8-16-12/h7-8,19H,3-6,9,15H2,1-2H3. The summed E-state index contributed by atoms with van der Waals surface area (Å²) in [5.74, 6) is 0.0545. The molecule has 2 rings (SSSR count). The summed E-state index contributed by atoms with van der Waals surface area (Å²) < 4.78 is 9.95. The number of carbonyl (C=O) groups is 1. The largest absolute Gasteiger partial charge is 0.465 e. The Bertz CT molecular complexity index is 515. The SMILES string of the molecule is COC(=O)c1cc(N(C)CC2(O)CCOCC2)ncc1N. The fourth-order valence-electron chi connectivity index (χ4n) is 2.38. The highest BCUT2D eigenvalue weighted by Gasteiger charge is 2.31. The molecule has 0 saturated carbocycles. The van der Waals surface area contributed by atoms with Crippen LogP contribution in [0.2, 0.25) is 0 Å². The number of pyridine rings is 1. The van der Waals surface area contributed by atoms with E-state index in [1.54, 1.807) is 11.0 Å². The van der Waals surface area contributed by atoms with E-state index in [4.69, 9.17) is 15.2 Å². The van der Waals surface area contributed by atoms with Crippen LogP contribution in [0.3, 0.4) is 0 Å². The first kappa shape index (κ1) is 15.5. The van der Waals surface area contributed by atoms with Gasteiger partial charge in [0.1, 0.15) is 5.82 Å². The first-order valence-electron chi connectivity index (χ1n) is 6.80. The Morgan fingerprint density at radius 1 is 1.57 bits per heavy atom. The first-order valence-corrected chi connectivity index (χ1v) is 6.80. The van der Waals surface area contributed by atoms with Crippen molar-refractivity contribution in [3.63, 3.8) is 0 Å². The fraction of sp³-hybridized carbons (Fsp3) is 0.571. The van der Waals surface area contributed by atoms with E-state index >= 15 is 0 Å². The van der Waals surface area contributed by atoms with Crippen molar-refractivity contribution in [1.82, 2.24) is 4.98 Å². The highest BCUT2D eigenvalue weighted by molar-refractivity contribution is 5.95. The number of hydrogen-bond donors (Lipinski definition) is 2. The minimum absolute atomic E-state index is 0.267. The monoisotopic (exact) mass is 295 g/mol. The Labute approximate surface area is 123 Å². The van der Waals surface area contributed by atoms with Crippen molar-refractivity contribution >= 4 is 17.5 Å². The third kappa shape index (κ3) is 3.62. The highest BCUT2D eigenvalue weighted by atomic mass is 16.5. The lowest BCUT2D eigenvalue weighted by molar-refractivity contribution is -0.0573. The van der Waals surface area contributed by atoms with Crippen molar-refractivity contribution in [3.8, 4) is 0 Å². The number of carbonyl (C=O) groups excluding carboxylic acids is 1. The number of likely N-dealkylation sites (N-methyl/N-ethyl adjacent to an activating group) is 1. The molecular formula is C14H21N3O4. The summed E-state index contributed by atoms with van der Waals surface area (Å²) in [5, 5.41) is 10.5. The number of nitrogen functional groups attached to an aromatic ring is 1. The van der Waals surface area contributed by atoms with Crippen molar-refractivity contribution in [3.05, 3.63) is 17.8 Å². The van der Waals surface area contributed by atoms with Crippen LogP contribution >= 0.6 is 0 Å². The van der Waals surface area contributed by atoms with Crippen LogP contribution in [0.15, 0.2) is 12.3 Å². The second-order valence-corrected chi connectivity index (χ2v) is 5.31. The molecule has 0 bridgehead atoms. The third-order valence-corrected chi connectivity index (χ3v) is 3.67. The van der Waals surface area contributed by atoms with E-state index in [0.717, 1.165) is 0 Å². The van der Waals surface area contributed by atoms with E-state index in [-0.39, 0.29) is 11.3 Å². The van der Waals surface area contributed by atoms with Crippen molar-refractivity contribution < 1.29 is 19.4 Å². The van der Waals surface area contributed by atoms with Gasteiger partial charge in [0.05, 0.1) is 30.2 Å². The molecule has 1 fully saturated rings. The number of hydrogen-bond acceptors (Lipinski definition) is 7. The van der Waals surface area contributed by atoms with Gasteiger partial charge in [-0.3, -0.25) is 0 Å². The van der Waals surface area contributed by atoms with Crippen LogP contribution in [-0.2, 0) is 9.47 Å². The number of methoxy groups -OCH3 is 1. The van der Waals surface area contributed by atoms with Crippen LogP contribution in [0, 0.1) is 0 Å². The zero-order valence-corrected chi connectivity index (χ0v) is 12.3. The average molecular weight is 295 g/mol. The van der Waals surface area contributed by atoms with Crippen molar-refractivity contribution in [2.75, 3.05) is 44.5 Å². The average Bonchev–Trinajstić information content (AvgIpc) is 2.47. The molecule has 3 N–H and O–H groups in total. The van der Waals surface area contributed by atoms with E-state index in [1.165, 1.54) is 13.3 Å². The summed E-state index contributed by atoms with van der Waals surface area (Å²) in [5.41, 5.74) is 5.46. The van der Waals surface area contributed by atoms with Gasteiger partial charge < -0.3 is 25.2 Å². The number of aliphatic hydroxyl groups is 1. The number of esters is 1. The lowest BCUT2D eigenvalue weighted by Gasteiger charge is -2.35. The predicted octanol–water partition coefficient (Wildman–Crippen LogP) is 0.428. The van der Waals surface area contributed by atoms with E-state index in [1.807, 2.05) is 7.05 Å². The van der Waals surface area contributed by atoms with Gasteiger partial charge in [0.2, 0.25) is 0 Å². The van der Waals surface area contributed by atoms with Crippen molar-refractivity contribution in [2.45, 2.75) is 18.4 Å². The summed E-state index contributed by atoms with van der Waals surface area (Å²) in [6.45, 7) is 1.51. The minimum atomic E-state index is -0.804. The van der Waals surface area contributed by atoms with Crippen LogP contribution in [0.5, 0.6) is 0 Å². The maximum absolute atomic E-state index is 11.6. The number of nitrogens with zero attached hydrogens (tertiary/aromatic N) is 2. The molecule has 7 heteroatoms. The van der Waals surface area contributed by atoms with Crippen molar-refractivity contribution in [2.24, 2.45) is 0 Å². The fourth-order valence-corrected chi connectivity index (χ4v) is 2.38. The Kier molecular flexibility index (Phi) is 4.64. The van der Waals surface area contributed by atoms with Gasteiger partial charge in [-0.25, -0.2) is 9.78 Å². The van der Waals surface area contributed by atoms with Gasteiger partial charge in [-0.1, -0.05) is 0 Å². The van der Waals surface area contributed by atoms with Gasteiger partial charge in [-0.2, -0.15) is 0 Å². The molecule has 1 aliphatic heterocycles. The summed E-state index contributed by atoms with van der Waals surface area (Å²) in [6, 6.07) is 1.57. The molecule has 21 heavy (non-hydrogen) atoms. The zero-order valence-electron chi connectivity index (χ0n) is 12.3. The molecule has 0 atom stereocenters. The van der Waals surface area contributed by atoms with Gasteiger partial charge in [0.15, 0.2) is 0 Å². The van der Waals surface area contributed by atoms with Crippen LogP contribution in [0.1, 0.15) is 23.2 Å². The summed E-state index contributed by atoms with van der Waals surface area (Å²) >= 11 is 0. The van der Waals surface area contributed by atoms with Gasteiger partial charge in [0, 0.05) is 39.6 Å². The van der Waals surface area contributed by atoms with Gasteiger partial charge >= 0.3 is 5.97 Å². The summed E-state index contributed by atoms with van der Waals surface area (Å²) in [7, 11) is 3.11. The molecular weight excluding hydrogens is 274 g/mol. The topological polar surface area (TPSA) is 97.9 Å². The molecule has 116 valence electrons. The molecule has 0 spiro atoms. The number of rotatable bonds is 4. The third-order valence-electron chi connectivity index (χ3n) is 3.67. The van der Waals surface area contributed by atoms with Crippen LogP contribution in [-0.4, -0.2) is 55.6 Å². The minimum Gasteiger partial charge on any atom is -0.465 e. The molecule has 7 nitrogen and oxygen atoms in total. The van der Waals surface area contributed by atoms with Crippen molar-refractivity contribution in [1.29, 1.82) is 0 Å². The summed E-state index contributed by atoms with van der Waals surface area (Å²) in [4.78, 5) is 17.7. The molecule has 0 aromatic carbocycles. The lowest BCUT2D eigenvalue weighted by Crippen LogP contribution is -2.46. The molecule has 1 aromatic heterocycles. The number of nitrogens with two attached hydrogens (primary N) is 1. The maximum Gasteiger partial charge on any atom is 0.340 e. The Balaban J connectivity index is 2.15. The second kappa shape index (κ2) is 6.28. The molecule has 0 unspecified atom stereocenters. The van der Waals surface area contributed by atoms with Crippen LogP contribution in [0.25, 0.3) is 0 Å².